The largest absolute Gasteiger partial charge is 0.495 e. The SMILES string of the molecule is C#C.C=CC(C)=O.C=O.CC.CC.CCC.CCC.CCCOc1ccc(C)c(CC)c1.COc1ccc(C)cc1NC/N=C\C(Cl)=C(C)C. The second-order valence-electron chi connectivity index (χ2n) is 9.72. The van der Waals surface area contributed by atoms with E-state index in [1.165, 1.54) is 42.5 Å². The Kier molecular flexibility index (Phi) is 63.9. The maximum atomic E-state index is 9.69. The van der Waals surface area contributed by atoms with Crippen LogP contribution in [0.15, 0.2) is 64.7 Å². The summed E-state index contributed by atoms with van der Waals surface area (Å²) in [6.45, 7) is 36.8. The first-order valence-electron chi connectivity index (χ1n) is 17.6. The maximum absolute atomic E-state index is 9.69. The number of allylic oxidation sites excluding steroid dienone is 3. The van der Waals surface area contributed by atoms with Gasteiger partial charge in [0, 0.05) is 6.21 Å². The number of carbonyl (C=O) groups is 2. The minimum absolute atomic E-state index is 0.0185. The van der Waals surface area contributed by atoms with Gasteiger partial charge >= 0.3 is 0 Å². The number of methoxy groups -OCH3 is 1. The normalized spacial score (nSPS) is 8.14. The van der Waals surface area contributed by atoms with E-state index in [2.05, 4.69) is 90.3 Å². The van der Waals surface area contributed by atoms with E-state index in [0.29, 0.717) is 11.7 Å². The molecule has 288 valence electrons. The predicted molar refractivity (Wildman–Crippen MR) is 228 cm³/mol. The summed E-state index contributed by atoms with van der Waals surface area (Å²) in [5.74, 6) is 1.83. The Morgan fingerprint density at radius 3 is 1.76 bits per heavy atom. The fourth-order valence-electron chi connectivity index (χ4n) is 2.68. The molecule has 0 unspecified atom stereocenters. The summed E-state index contributed by atoms with van der Waals surface area (Å²) in [5, 5.41) is 3.87. The highest BCUT2D eigenvalue weighted by Gasteiger charge is 2.01. The molecule has 0 fully saturated rings. The third kappa shape index (κ3) is 44.2. The molecule has 0 atom stereocenters. The zero-order valence-electron chi connectivity index (χ0n) is 34.9. The summed E-state index contributed by atoms with van der Waals surface area (Å²) in [5.41, 5.74) is 5.89. The Balaban J connectivity index is -0.000000101. The van der Waals surface area contributed by atoms with Gasteiger partial charge < -0.3 is 19.6 Å². The molecule has 0 aromatic heterocycles. The Bertz CT molecular complexity index is 1100. The number of benzene rings is 2. The van der Waals surface area contributed by atoms with Crippen LogP contribution in [0.4, 0.5) is 5.69 Å². The number of aliphatic imine (C=N–C) groups is 1. The molecule has 0 aliphatic rings. The lowest BCUT2D eigenvalue weighted by Crippen LogP contribution is -2.01. The number of halogens is 1. The van der Waals surface area contributed by atoms with E-state index < -0.39 is 0 Å². The summed E-state index contributed by atoms with van der Waals surface area (Å²) in [6, 6.07) is 12.3. The fourth-order valence-corrected chi connectivity index (χ4v) is 2.75. The summed E-state index contributed by atoms with van der Waals surface area (Å²) in [4.78, 5) is 21.9. The van der Waals surface area contributed by atoms with Crippen LogP contribution in [0.1, 0.15) is 126 Å². The summed E-state index contributed by atoms with van der Waals surface area (Å²) in [7, 11) is 1.65. The van der Waals surface area contributed by atoms with E-state index in [1.807, 2.05) is 79.5 Å². The van der Waals surface area contributed by atoms with Crippen molar-refractivity contribution in [1.29, 1.82) is 0 Å². The van der Waals surface area contributed by atoms with Gasteiger partial charge in [0.2, 0.25) is 0 Å². The molecule has 0 aliphatic carbocycles. The number of anilines is 1. The third-order valence-electron chi connectivity index (χ3n) is 4.86. The summed E-state index contributed by atoms with van der Waals surface area (Å²) >= 11 is 5.96. The Hall–Kier alpha value is -3.82. The van der Waals surface area contributed by atoms with Gasteiger partial charge in [-0.2, -0.15) is 0 Å². The van der Waals surface area contributed by atoms with Crippen LogP contribution in [0.25, 0.3) is 0 Å². The zero-order valence-corrected chi connectivity index (χ0v) is 35.6. The molecule has 0 saturated heterocycles. The Morgan fingerprint density at radius 2 is 1.38 bits per heavy atom. The monoisotopic (exact) mass is 719 g/mol. The van der Waals surface area contributed by atoms with Crippen molar-refractivity contribution < 1.29 is 19.1 Å². The van der Waals surface area contributed by atoms with E-state index in [4.69, 9.17) is 25.9 Å². The number of terminal acetylenes is 1. The molecule has 0 spiro atoms. The number of nitrogens with one attached hydrogen (secondary N) is 1. The number of carbonyl (C=O) groups excluding carboxylic acids is 2. The smallest absolute Gasteiger partial charge is 0.152 e. The molecule has 6 nitrogen and oxygen atoms in total. The fraction of sp³-hybridized carbons (Fsp3) is 0.512. The van der Waals surface area contributed by atoms with E-state index in [-0.39, 0.29) is 5.78 Å². The number of rotatable bonds is 10. The van der Waals surface area contributed by atoms with Crippen LogP contribution in [0, 0.1) is 26.7 Å². The number of ketones is 1. The highest BCUT2D eigenvalue weighted by atomic mass is 35.5. The molecule has 50 heavy (non-hydrogen) atoms. The van der Waals surface area contributed by atoms with Crippen LogP contribution in [-0.4, -0.2) is 39.2 Å². The van der Waals surface area contributed by atoms with E-state index in [1.54, 1.807) is 13.3 Å². The van der Waals surface area contributed by atoms with Crippen molar-refractivity contribution in [3.05, 3.63) is 76.3 Å². The van der Waals surface area contributed by atoms with Crippen molar-refractivity contribution in [2.45, 2.75) is 130 Å². The second kappa shape index (κ2) is 52.0. The highest BCUT2D eigenvalue weighted by Crippen LogP contribution is 2.24. The van der Waals surface area contributed by atoms with Crippen LogP contribution in [0.5, 0.6) is 11.5 Å². The first-order valence-corrected chi connectivity index (χ1v) is 18.0. The molecule has 0 amide bonds. The van der Waals surface area contributed by atoms with Gasteiger partial charge in [-0.3, -0.25) is 9.79 Å². The molecule has 1 N–H and O–H groups in total. The minimum Gasteiger partial charge on any atom is -0.495 e. The van der Waals surface area contributed by atoms with Crippen LogP contribution < -0.4 is 14.8 Å². The molecule has 0 aliphatic heterocycles. The van der Waals surface area contributed by atoms with Crippen molar-refractivity contribution in [3.63, 3.8) is 0 Å². The lowest BCUT2D eigenvalue weighted by Gasteiger charge is -2.10. The second-order valence-corrected chi connectivity index (χ2v) is 10.1. The van der Waals surface area contributed by atoms with Gasteiger partial charge in [-0.05, 0) is 94.5 Å². The zero-order chi connectivity index (χ0) is 40.9. The number of ether oxygens (including phenoxy) is 2. The molecule has 0 radical (unpaired) electrons. The molecule has 0 bridgehead atoms. The lowest BCUT2D eigenvalue weighted by molar-refractivity contribution is -0.112. The van der Waals surface area contributed by atoms with Gasteiger partial charge in [0.1, 0.15) is 25.0 Å². The average Bonchev–Trinajstić information content (AvgIpc) is 3.14. The molecule has 0 saturated carbocycles. The van der Waals surface area contributed by atoms with Crippen molar-refractivity contribution in [3.8, 4) is 24.3 Å². The van der Waals surface area contributed by atoms with Crippen molar-refractivity contribution >= 4 is 36.1 Å². The van der Waals surface area contributed by atoms with E-state index in [0.717, 1.165) is 42.2 Å². The van der Waals surface area contributed by atoms with Gasteiger partial charge in [0.15, 0.2) is 5.78 Å². The van der Waals surface area contributed by atoms with Crippen molar-refractivity contribution in [2.75, 3.05) is 25.7 Å². The van der Waals surface area contributed by atoms with Crippen LogP contribution in [-0.2, 0) is 16.0 Å². The molecule has 7 heteroatoms. The number of hydrogen-bond acceptors (Lipinski definition) is 6. The molecule has 2 rings (SSSR count). The summed E-state index contributed by atoms with van der Waals surface area (Å²) < 4.78 is 10.8. The molecular weight excluding hydrogens is 644 g/mol. The number of nitrogens with zero attached hydrogens (tertiary/aromatic N) is 1. The van der Waals surface area contributed by atoms with Gasteiger partial charge in [-0.15, -0.1) is 12.8 Å². The standard InChI is InChI=1S/C14H19ClN2O.C12H18O.C4H6O.2C3H8.2C2H6.C2H2.CH2O/c1-10(2)12(15)8-16-9-17-13-7-11(3)5-6-14(13)18-4;1-4-8-13-12-7-6-10(3)11(5-2)9-12;1-3-4(2)5;2*1-3-2;4*1-2/h5-8,17H,9H2,1-4H3;6-7,9H,4-5,8H2,1-3H3;3H,1H2,2H3;2*3H2,1-2H3;2*1-2H3;1-2H;1H2/b16-8-;;;;;;;;. The van der Waals surface area contributed by atoms with Gasteiger partial charge in [0.05, 0.1) is 24.4 Å². The first kappa shape index (κ1) is 61.4. The van der Waals surface area contributed by atoms with Crippen molar-refractivity contribution in [2.24, 2.45) is 4.99 Å². The maximum Gasteiger partial charge on any atom is 0.152 e. The third-order valence-corrected chi connectivity index (χ3v) is 5.34. The summed E-state index contributed by atoms with van der Waals surface area (Å²) in [6.07, 6.45) is 15.6. The Morgan fingerprint density at radius 1 is 0.900 bits per heavy atom. The molecule has 0 heterocycles. The predicted octanol–water partition coefficient (Wildman–Crippen LogP) is 13.0. The number of hydrogen-bond donors (Lipinski definition) is 1. The molecule has 2 aromatic rings. The van der Waals surface area contributed by atoms with Gasteiger partial charge in [-0.25, -0.2) is 0 Å². The van der Waals surface area contributed by atoms with Crippen molar-refractivity contribution in [1.82, 2.24) is 0 Å². The molecule has 2 aromatic carbocycles. The first-order chi connectivity index (χ1) is 23.9. The molecular formula is C43H75ClN2O4. The minimum atomic E-state index is 0.0185. The van der Waals surface area contributed by atoms with Crippen LogP contribution in [0.2, 0.25) is 0 Å². The highest BCUT2D eigenvalue weighted by molar-refractivity contribution is 6.39. The quantitative estimate of drug-likeness (QED) is 0.150. The van der Waals surface area contributed by atoms with E-state index >= 15 is 0 Å². The van der Waals surface area contributed by atoms with Crippen LogP contribution in [0.3, 0.4) is 0 Å². The number of aryl methyl sites for hydroxylation is 3. The van der Waals surface area contributed by atoms with Gasteiger partial charge in [0.25, 0.3) is 0 Å². The topological polar surface area (TPSA) is 77.0 Å². The van der Waals surface area contributed by atoms with Gasteiger partial charge in [-0.1, -0.05) is 118 Å². The van der Waals surface area contributed by atoms with Crippen LogP contribution >= 0.6 is 11.6 Å². The Labute approximate surface area is 315 Å². The lowest BCUT2D eigenvalue weighted by atomic mass is 10.1. The average molecular weight is 720 g/mol. The van der Waals surface area contributed by atoms with E-state index in [9.17, 15) is 4.79 Å².